The van der Waals surface area contributed by atoms with Gasteiger partial charge < -0.3 is 14.2 Å². The van der Waals surface area contributed by atoms with Gasteiger partial charge in [0.05, 0.1) is 0 Å². The summed E-state index contributed by atoms with van der Waals surface area (Å²) in [5.41, 5.74) is 0. The van der Waals surface area contributed by atoms with E-state index in [1.807, 2.05) is 0 Å². The van der Waals surface area contributed by atoms with Crippen LogP contribution in [0, 0.1) is 11.8 Å². The fraction of sp³-hybridized carbons (Fsp3) is 1.00. The Kier molecular flexibility index (Phi) is 32.8. The minimum absolute atomic E-state index is 0. The van der Waals surface area contributed by atoms with Gasteiger partial charge in [0.15, 0.2) is 0 Å². The van der Waals surface area contributed by atoms with Crippen molar-refractivity contribution in [3.63, 3.8) is 0 Å². The first-order valence-corrected chi connectivity index (χ1v) is 10.4. The van der Waals surface area contributed by atoms with E-state index in [0.717, 1.165) is 18.3 Å². The van der Waals surface area contributed by atoms with Crippen molar-refractivity contribution in [2.45, 2.75) is 91.4 Å². The van der Waals surface area contributed by atoms with Crippen molar-refractivity contribution in [3.05, 3.63) is 0 Å². The molecule has 0 saturated heterocycles. The minimum Gasteiger partial charge on any atom is -0.759 e. The molecule has 25 heavy (non-hydrogen) atoms. The van der Waals surface area contributed by atoms with Crippen molar-refractivity contribution >= 4 is 10.4 Å². The number of aliphatic hydroxyl groups excluding tert-OH is 1. The molecule has 1 N–H and O–H groups in total. The van der Waals surface area contributed by atoms with Crippen LogP contribution in [0.25, 0.3) is 0 Å². The third-order valence-electron chi connectivity index (χ3n) is 4.38. The summed E-state index contributed by atoms with van der Waals surface area (Å²) in [7, 11) is -5.17. The van der Waals surface area contributed by atoms with Gasteiger partial charge in [-0.05, 0) is 18.3 Å². The van der Waals surface area contributed by atoms with E-state index in [0.29, 0.717) is 6.61 Å². The molecule has 0 rings (SSSR count). The second kappa shape index (κ2) is 23.9. The molecule has 0 aliphatic heterocycles. The van der Waals surface area contributed by atoms with Crippen LogP contribution >= 0.6 is 0 Å². The first kappa shape index (κ1) is 34.3. The van der Waals surface area contributed by atoms with Gasteiger partial charge in [-0.3, -0.25) is 8.42 Å². The molecule has 0 aromatic carbocycles. The molecule has 0 bridgehead atoms. The van der Waals surface area contributed by atoms with Crippen LogP contribution in [0.1, 0.15) is 91.4 Å². The largest absolute Gasteiger partial charge is 1.00 e. The monoisotopic (exact) mass is 398 g/mol. The Labute approximate surface area is 200 Å². The van der Waals surface area contributed by atoms with Crippen LogP contribution in [0.3, 0.4) is 0 Å². The minimum atomic E-state index is -5.17. The van der Waals surface area contributed by atoms with Crippen LogP contribution in [-0.4, -0.2) is 29.2 Å². The molecule has 2 atom stereocenters. The van der Waals surface area contributed by atoms with Gasteiger partial charge in [-0.1, -0.05) is 85.0 Å². The first-order valence-electron chi connectivity index (χ1n) is 9.05. The molecule has 0 aliphatic rings. The van der Waals surface area contributed by atoms with E-state index >= 15 is 0 Å². The number of unbranched alkanes of at least 4 members (excludes halogenated alkanes) is 3. The quantitative estimate of drug-likeness (QED) is 0.171. The Balaban J connectivity index is -0.000000276. The van der Waals surface area contributed by atoms with E-state index in [1.54, 1.807) is 0 Å². The van der Waals surface area contributed by atoms with Crippen molar-refractivity contribution in [2.24, 2.45) is 11.8 Å². The van der Waals surface area contributed by atoms with Crippen molar-refractivity contribution < 1.29 is 81.7 Å². The zero-order chi connectivity index (χ0) is 18.1. The summed E-state index contributed by atoms with van der Waals surface area (Å²) in [5.74, 6) is 1.74. The van der Waals surface area contributed by atoms with Crippen LogP contribution in [0.2, 0.25) is 0 Å². The molecule has 0 spiro atoms. The van der Waals surface area contributed by atoms with Crippen molar-refractivity contribution in [3.8, 4) is 0 Å². The summed E-state index contributed by atoms with van der Waals surface area (Å²) >= 11 is 0. The molecule has 8 heteroatoms. The Bertz CT molecular complexity index is 332. The molecule has 2 unspecified atom stereocenters. The van der Waals surface area contributed by atoms with E-state index in [9.17, 15) is 0 Å². The van der Waals surface area contributed by atoms with Gasteiger partial charge >= 0.3 is 59.1 Å². The second-order valence-electron chi connectivity index (χ2n) is 6.25. The maximum absolute atomic E-state index is 8.96. The summed E-state index contributed by atoms with van der Waals surface area (Å²) in [6.45, 7) is 7.25. The molecular weight excluding hydrogens is 362 g/mol. The topological polar surface area (TPSA) is 100 Å². The van der Waals surface area contributed by atoms with Gasteiger partial charge in [-0.2, -0.15) is 0 Å². The van der Waals surface area contributed by atoms with Crippen LogP contribution in [0.4, 0.5) is 0 Å². The molecule has 0 saturated carbocycles. The normalized spacial score (nSPS) is 12.9. The van der Waals surface area contributed by atoms with E-state index in [2.05, 4.69) is 20.8 Å². The molecule has 0 amide bonds. The number of rotatable bonds is 13. The Morgan fingerprint density at radius 1 is 0.760 bits per heavy atom. The number of hydrogen-bond acceptors (Lipinski definition) is 5. The summed E-state index contributed by atoms with van der Waals surface area (Å²) in [6.07, 6.45) is 14.7. The van der Waals surface area contributed by atoms with E-state index in [1.165, 1.54) is 64.2 Å². The molecule has 0 aromatic heterocycles. The van der Waals surface area contributed by atoms with Gasteiger partial charge in [0.25, 0.3) is 0 Å². The third kappa shape index (κ3) is 33.8. The Hall–Kier alpha value is 1.83. The number of hydrogen-bond donors (Lipinski definition) is 1. The summed E-state index contributed by atoms with van der Waals surface area (Å²) in [5, 5.41) is 8.96. The van der Waals surface area contributed by atoms with Crippen molar-refractivity contribution in [2.75, 3.05) is 6.61 Å². The maximum atomic E-state index is 8.96. The van der Waals surface area contributed by atoms with Crippen molar-refractivity contribution in [1.29, 1.82) is 0 Å². The third-order valence-corrected chi connectivity index (χ3v) is 4.38. The second-order valence-corrected chi connectivity index (χ2v) is 7.07. The molecular formula is C17H36Na2O5S. The van der Waals surface area contributed by atoms with Crippen LogP contribution in [-0.2, 0) is 10.4 Å². The Morgan fingerprint density at radius 3 is 1.44 bits per heavy atom. The SMILES string of the molecule is CCCCC(CC)CCCCCC(CC)CCO.O=S(=O)([O-])[O-].[Na+].[Na+]. The fourth-order valence-electron chi connectivity index (χ4n) is 2.82. The molecule has 5 nitrogen and oxygen atoms in total. The van der Waals surface area contributed by atoms with Crippen molar-refractivity contribution in [1.82, 2.24) is 0 Å². The van der Waals surface area contributed by atoms with Gasteiger partial charge in [-0.15, -0.1) is 0 Å². The summed E-state index contributed by atoms with van der Waals surface area (Å²) < 4.78 is 34.1. The first-order chi connectivity index (χ1) is 10.8. The van der Waals surface area contributed by atoms with Crippen LogP contribution in [0.15, 0.2) is 0 Å². The van der Waals surface area contributed by atoms with Crippen LogP contribution in [0.5, 0.6) is 0 Å². The van der Waals surface area contributed by atoms with Gasteiger partial charge in [0.2, 0.25) is 0 Å². The van der Waals surface area contributed by atoms with Gasteiger partial charge in [0.1, 0.15) is 0 Å². The van der Waals surface area contributed by atoms with Crippen LogP contribution < -0.4 is 59.1 Å². The van der Waals surface area contributed by atoms with E-state index < -0.39 is 10.4 Å². The average molecular weight is 399 g/mol. The summed E-state index contributed by atoms with van der Waals surface area (Å²) in [6, 6.07) is 0. The standard InChI is InChI=1S/C17H36O.2Na.H2O4S/c1-4-7-11-16(5-2)12-9-8-10-13-17(6-3)14-15-18;;;1-5(2,3)4/h16-18H,4-15H2,1-3H3;;;(H2,1,2,3,4)/q;2*+1;/p-2. The maximum Gasteiger partial charge on any atom is 1.00 e. The summed E-state index contributed by atoms with van der Waals surface area (Å²) in [4.78, 5) is 0. The average Bonchev–Trinajstić information content (AvgIpc) is 2.47. The molecule has 0 fully saturated rings. The smallest absolute Gasteiger partial charge is 0.759 e. The molecule has 0 aliphatic carbocycles. The zero-order valence-corrected chi connectivity index (χ0v) is 21.9. The zero-order valence-electron chi connectivity index (χ0n) is 17.1. The molecule has 0 radical (unpaired) electrons. The molecule has 0 heterocycles. The fourth-order valence-corrected chi connectivity index (χ4v) is 2.82. The molecule has 0 aromatic rings. The predicted molar refractivity (Wildman–Crippen MR) is 92.3 cm³/mol. The Morgan fingerprint density at radius 2 is 1.12 bits per heavy atom. The van der Waals surface area contributed by atoms with Gasteiger partial charge in [-0.25, -0.2) is 0 Å². The van der Waals surface area contributed by atoms with Gasteiger partial charge in [0, 0.05) is 17.0 Å². The molecule has 142 valence electrons. The van der Waals surface area contributed by atoms with E-state index in [4.69, 9.17) is 22.6 Å². The predicted octanol–water partition coefficient (Wildman–Crippen LogP) is -1.77. The number of aliphatic hydroxyl groups is 1. The van der Waals surface area contributed by atoms with E-state index in [-0.39, 0.29) is 59.1 Å².